The number of benzene rings is 2. The SMILES string of the molecule is COc1ccc(C(=O)Nc2cnc(Cc3cc(C(F)(F)F)cc(C(F)(F)F)c3)s2)cc1OCCOC1CCCCO1. The van der Waals surface area contributed by atoms with E-state index < -0.39 is 29.4 Å². The minimum atomic E-state index is -4.95. The predicted molar refractivity (Wildman–Crippen MR) is 137 cm³/mol. The van der Waals surface area contributed by atoms with Crippen molar-refractivity contribution in [2.45, 2.75) is 44.3 Å². The zero-order valence-corrected chi connectivity index (χ0v) is 22.5. The molecule has 1 unspecified atom stereocenters. The highest BCUT2D eigenvalue weighted by Crippen LogP contribution is 2.37. The molecular weight excluding hydrogens is 578 g/mol. The van der Waals surface area contributed by atoms with E-state index in [2.05, 4.69) is 10.3 Å². The monoisotopic (exact) mass is 604 g/mol. The number of hydrogen-bond acceptors (Lipinski definition) is 7. The number of carbonyl (C=O) groups is 1. The third kappa shape index (κ3) is 8.57. The van der Waals surface area contributed by atoms with Gasteiger partial charge in [-0.1, -0.05) is 0 Å². The van der Waals surface area contributed by atoms with Crippen LogP contribution >= 0.6 is 11.3 Å². The lowest BCUT2D eigenvalue weighted by Crippen LogP contribution is -2.24. The van der Waals surface area contributed by atoms with Crippen molar-refractivity contribution in [2.75, 3.05) is 32.2 Å². The molecule has 14 heteroatoms. The van der Waals surface area contributed by atoms with E-state index in [9.17, 15) is 31.1 Å². The fourth-order valence-corrected chi connectivity index (χ4v) is 4.88. The number of aromatic nitrogens is 1. The van der Waals surface area contributed by atoms with Crippen molar-refractivity contribution in [2.24, 2.45) is 0 Å². The second kappa shape index (κ2) is 13.1. The van der Waals surface area contributed by atoms with Gasteiger partial charge in [0.25, 0.3) is 5.91 Å². The number of nitrogens with one attached hydrogen (secondary N) is 1. The quantitative estimate of drug-likeness (QED) is 0.199. The number of anilines is 1. The smallest absolute Gasteiger partial charge is 0.416 e. The number of alkyl halides is 6. The zero-order valence-electron chi connectivity index (χ0n) is 21.7. The average molecular weight is 605 g/mol. The van der Waals surface area contributed by atoms with Crippen molar-refractivity contribution >= 4 is 22.2 Å². The summed E-state index contributed by atoms with van der Waals surface area (Å²) in [5.41, 5.74) is -2.80. The van der Waals surface area contributed by atoms with E-state index in [-0.39, 0.29) is 53.1 Å². The fraction of sp³-hybridized carbons (Fsp3) is 0.407. The van der Waals surface area contributed by atoms with E-state index in [4.69, 9.17) is 18.9 Å². The summed E-state index contributed by atoms with van der Waals surface area (Å²) in [7, 11) is 1.45. The first-order chi connectivity index (χ1) is 19.4. The predicted octanol–water partition coefficient (Wildman–Crippen LogP) is 6.95. The highest BCUT2D eigenvalue weighted by atomic mass is 32.1. The number of nitrogens with zero attached hydrogens (tertiary/aromatic N) is 1. The van der Waals surface area contributed by atoms with Crippen LogP contribution < -0.4 is 14.8 Å². The summed E-state index contributed by atoms with van der Waals surface area (Å²) < 4.78 is 101. The van der Waals surface area contributed by atoms with Crippen molar-refractivity contribution in [1.82, 2.24) is 4.98 Å². The van der Waals surface area contributed by atoms with Crippen LogP contribution in [-0.4, -0.2) is 44.1 Å². The number of ether oxygens (including phenoxy) is 4. The molecule has 2 heterocycles. The first-order valence-corrected chi connectivity index (χ1v) is 13.3. The molecule has 0 spiro atoms. The number of hydrogen-bond donors (Lipinski definition) is 1. The van der Waals surface area contributed by atoms with Crippen LogP contribution in [0, 0.1) is 0 Å². The Kier molecular flexibility index (Phi) is 9.76. The summed E-state index contributed by atoms with van der Waals surface area (Å²) in [5.74, 6) is 0.177. The summed E-state index contributed by atoms with van der Waals surface area (Å²) in [4.78, 5) is 16.9. The van der Waals surface area contributed by atoms with E-state index in [0.717, 1.165) is 30.6 Å². The van der Waals surface area contributed by atoms with E-state index in [0.29, 0.717) is 30.2 Å². The summed E-state index contributed by atoms with van der Waals surface area (Å²) >= 11 is 0.930. The molecule has 1 N–H and O–H groups in total. The average Bonchev–Trinajstić information content (AvgIpc) is 3.36. The van der Waals surface area contributed by atoms with E-state index >= 15 is 0 Å². The minimum Gasteiger partial charge on any atom is -0.493 e. The maximum atomic E-state index is 13.2. The lowest BCUT2D eigenvalue weighted by Gasteiger charge is -2.22. The highest BCUT2D eigenvalue weighted by Gasteiger charge is 2.37. The molecule has 0 bridgehead atoms. The number of rotatable bonds is 10. The van der Waals surface area contributed by atoms with Crippen molar-refractivity contribution in [3.63, 3.8) is 0 Å². The van der Waals surface area contributed by atoms with Gasteiger partial charge in [-0.05, 0) is 61.2 Å². The molecule has 1 atom stereocenters. The lowest BCUT2D eigenvalue weighted by molar-refractivity contribution is -0.165. The van der Waals surface area contributed by atoms with Crippen molar-refractivity contribution in [3.05, 3.63) is 69.9 Å². The minimum absolute atomic E-state index is 0.0715. The molecule has 222 valence electrons. The van der Waals surface area contributed by atoms with Crippen LogP contribution in [0.2, 0.25) is 0 Å². The van der Waals surface area contributed by atoms with Gasteiger partial charge in [-0.25, -0.2) is 4.98 Å². The van der Waals surface area contributed by atoms with Gasteiger partial charge in [-0.15, -0.1) is 11.3 Å². The maximum absolute atomic E-state index is 13.2. The fourth-order valence-electron chi connectivity index (χ4n) is 4.03. The Labute approximate surface area is 235 Å². The van der Waals surface area contributed by atoms with Crippen LogP contribution in [0.5, 0.6) is 11.5 Å². The molecule has 1 aliphatic heterocycles. The van der Waals surface area contributed by atoms with Crippen LogP contribution in [0.3, 0.4) is 0 Å². The van der Waals surface area contributed by atoms with Crippen LogP contribution in [0.15, 0.2) is 42.6 Å². The zero-order chi connectivity index (χ0) is 29.6. The van der Waals surface area contributed by atoms with Gasteiger partial charge in [0.2, 0.25) is 0 Å². The highest BCUT2D eigenvalue weighted by molar-refractivity contribution is 7.15. The molecule has 1 aromatic heterocycles. The van der Waals surface area contributed by atoms with Gasteiger partial charge >= 0.3 is 12.4 Å². The van der Waals surface area contributed by atoms with Crippen LogP contribution in [-0.2, 0) is 28.2 Å². The third-order valence-corrected chi connectivity index (χ3v) is 6.91. The molecule has 0 radical (unpaired) electrons. The molecule has 7 nitrogen and oxygen atoms in total. The summed E-state index contributed by atoms with van der Waals surface area (Å²) in [6, 6.07) is 5.93. The Bertz CT molecular complexity index is 1310. The van der Waals surface area contributed by atoms with Gasteiger partial charge in [-0.3, -0.25) is 4.79 Å². The molecule has 0 saturated carbocycles. The number of carbonyl (C=O) groups excluding carboxylic acids is 1. The van der Waals surface area contributed by atoms with Gasteiger partial charge in [0.1, 0.15) is 11.6 Å². The number of amides is 1. The Morgan fingerprint density at radius 2 is 1.76 bits per heavy atom. The summed E-state index contributed by atoms with van der Waals surface area (Å²) in [6.07, 6.45) is -6.33. The Hall–Kier alpha value is -3.36. The van der Waals surface area contributed by atoms with E-state index in [1.54, 1.807) is 6.07 Å². The largest absolute Gasteiger partial charge is 0.493 e. The summed E-state index contributed by atoms with van der Waals surface area (Å²) in [6.45, 7) is 1.11. The molecule has 1 saturated heterocycles. The first-order valence-electron chi connectivity index (χ1n) is 12.5. The molecule has 1 fully saturated rings. The van der Waals surface area contributed by atoms with Gasteiger partial charge in [-0.2, -0.15) is 26.3 Å². The Morgan fingerprint density at radius 1 is 1.02 bits per heavy atom. The van der Waals surface area contributed by atoms with Crippen molar-refractivity contribution in [3.8, 4) is 11.5 Å². The third-order valence-electron chi connectivity index (χ3n) is 6.00. The van der Waals surface area contributed by atoms with Gasteiger partial charge in [0.15, 0.2) is 17.8 Å². The van der Waals surface area contributed by atoms with Crippen LogP contribution in [0.1, 0.15) is 51.3 Å². The second-order valence-electron chi connectivity index (χ2n) is 9.04. The van der Waals surface area contributed by atoms with Crippen molar-refractivity contribution < 1.29 is 50.1 Å². The lowest BCUT2D eigenvalue weighted by atomic mass is 10.0. The molecule has 1 amide bonds. The standard InChI is InChI=1S/C27H26F6N2O5S/c1-37-20-6-5-17(13-21(20)38-8-9-40-24-4-2-3-7-39-24)25(36)35-23-15-34-22(41-23)12-16-10-18(26(28,29)30)14-19(11-16)27(31,32)33/h5-6,10-11,13-15,24H,2-4,7-9,12H2,1H3,(H,35,36). The molecular formula is C27H26F6N2O5S. The van der Waals surface area contributed by atoms with Gasteiger partial charge in [0.05, 0.1) is 36.0 Å². The van der Waals surface area contributed by atoms with E-state index in [1.165, 1.54) is 25.4 Å². The second-order valence-corrected chi connectivity index (χ2v) is 10.2. The topological polar surface area (TPSA) is 78.9 Å². The number of methoxy groups -OCH3 is 1. The molecule has 41 heavy (non-hydrogen) atoms. The van der Waals surface area contributed by atoms with Crippen LogP contribution in [0.25, 0.3) is 0 Å². The number of thiazole rings is 1. The molecule has 1 aliphatic rings. The van der Waals surface area contributed by atoms with Gasteiger partial charge in [0, 0.05) is 18.6 Å². The molecule has 2 aromatic carbocycles. The van der Waals surface area contributed by atoms with E-state index in [1.807, 2.05) is 0 Å². The molecule has 3 aromatic rings. The summed E-state index contributed by atoms with van der Waals surface area (Å²) in [5, 5.41) is 3.10. The normalized spacial score (nSPS) is 15.9. The number of halogens is 6. The van der Waals surface area contributed by atoms with Crippen LogP contribution in [0.4, 0.5) is 31.3 Å². The Balaban J connectivity index is 1.39. The van der Waals surface area contributed by atoms with Gasteiger partial charge < -0.3 is 24.3 Å². The molecule has 0 aliphatic carbocycles. The van der Waals surface area contributed by atoms with Crippen molar-refractivity contribution in [1.29, 1.82) is 0 Å². The first kappa shape index (κ1) is 30.6. The Morgan fingerprint density at radius 3 is 2.39 bits per heavy atom. The maximum Gasteiger partial charge on any atom is 0.416 e. The molecule has 4 rings (SSSR count).